The highest BCUT2D eigenvalue weighted by Crippen LogP contribution is 2.30. The van der Waals surface area contributed by atoms with E-state index in [1.165, 1.54) is 0 Å². The van der Waals surface area contributed by atoms with Gasteiger partial charge in [-0.2, -0.15) is 0 Å². The number of primary amides is 1. The Bertz CT molecular complexity index is 655. The normalized spacial score (nSPS) is 14.4. The van der Waals surface area contributed by atoms with Gasteiger partial charge in [-0.05, 0) is 25.3 Å². The van der Waals surface area contributed by atoms with Crippen molar-refractivity contribution in [3.63, 3.8) is 0 Å². The fraction of sp³-hybridized carbons (Fsp3) is 0.286. The zero-order valence-electron chi connectivity index (χ0n) is 9.98. The number of hydrogen-bond donors (Lipinski definition) is 1. The summed E-state index contributed by atoms with van der Waals surface area (Å²) >= 11 is 0. The van der Waals surface area contributed by atoms with Gasteiger partial charge in [0.05, 0.1) is 5.56 Å². The number of aryl methyl sites for hydroxylation is 1. The molecule has 2 N–H and O–H groups in total. The van der Waals surface area contributed by atoms with Gasteiger partial charge in [-0.3, -0.25) is 9.59 Å². The zero-order chi connectivity index (χ0) is 12.7. The van der Waals surface area contributed by atoms with Crippen molar-refractivity contribution < 1.29 is 9.59 Å². The van der Waals surface area contributed by atoms with Crippen molar-refractivity contribution in [1.29, 1.82) is 0 Å². The predicted octanol–water partition coefficient (Wildman–Crippen LogP) is 1.65. The molecule has 0 fully saturated rings. The molecule has 1 aromatic carbocycles. The number of nitrogens with zero attached hydrogens (tertiary/aromatic N) is 1. The molecule has 0 unspecified atom stereocenters. The quantitative estimate of drug-likeness (QED) is 0.642. The van der Waals surface area contributed by atoms with E-state index in [2.05, 4.69) is 4.57 Å². The maximum atomic E-state index is 12.0. The smallest absolute Gasteiger partial charge is 0.289 e. The number of carbonyl (C=O) groups is 2. The first-order chi connectivity index (χ1) is 8.70. The number of fused-ring (bicyclic) bond motifs is 3. The number of ketones is 1. The second-order valence-electron chi connectivity index (χ2n) is 4.64. The summed E-state index contributed by atoms with van der Waals surface area (Å²) in [5, 5.41) is 0.846. The van der Waals surface area contributed by atoms with Crippen LogP contribution in [-0.4, -0.2) is 16.3 Å². The molecule has 4 heteroatoms. The van der Waals surface area contributed by atoms with Crippen LogP contribution >= 0.6 is 0 Å². The van der Waals surface area contributed by atoms with Crippen LogP contribution in [0.25, 0.3) is 10.9 Å². The maximum absolute atomic E-state index is 12.0. The Morgan fingerprint density at radius 2 is 1.94 bits per heavy atom. The number of nitrogens with two attached hydrogens (primary N) is 1. The lowest BCUT2D eigenvalue weighted by molar-refractivity contribution is -0.114. The molecule has 4 nitrogen and oxygen atoms in total. The molecule has 92 valence electrons. The van der Waals surface area contributed by atoms with Gasteiger partial charge in [-0.25, -0.2) is 0 Å². The number of Topliss-reactive ketones (excluding diaryl/α,β-unsaturated/α-hetero) is 1. The van der Waals surface area contributed by atoms with Crippen molar-refractivity contribution in [1.82, 2.24) is 4.57 Å². The van der Waals surface area contributed by atoms with Gasteiger partial charge in [0.1, 0.15) is 0 Å². The number of hydrogen-bond acceptors (Lipinski definition) is 2. The monoisotopic (exact) mass is 242 g/mol. The van der Waals surface area contributed by atoms with E-state index in [1.807, 2.05) is 24.3 Å². The average Bonchev–Trinajstić information content (AvgIpc) is 2.72. The Morgan fingerprint density at radius 3 is 2.72 bits per heavy atom. The minimum Gasteiger partial charge on any atom is -0.363 e. The molecule has 0 radical (unpaired) electrons. The fourth-order valence-electron chi connectivity index (χ4n) is 2.81. The molecule has 1 aliphatic heterocycles. The van der Waals surface area contributed by atoms with Crippen LogP contribution in [0.5, 0.6) is 0 Å². The predicted molar refractivity (Wildman–Crippen MR) is 68.4 cm³/mol. The Balaban J connectivity index is 2.35. The Hall–Kier alpha value is -2.10. The SMILES string of the molecule is NC(=O)C(=O)c1c2n(c3ccccc13)CCCC2. The molecule has 2 aromatic rings. The second-order valence-corrected chi connectivity index (χ2v) is 4.64. The molecular formula is C14H14N2O2. The first-order valence-electron chi connectivity index (χ1n) is 6.14. The highest BCUT2D eigenvalue weighted by molar-refractivity contribution is 6.44. The van der Waals surface area contributed by atoms with Crippen LogP contribution < -0.4 is 5.73 Å². The van der Waals surface area contributed by atoms with Crippen molar-refractivity contribution in [2.75, 3.05) is 0 Å². The van der Waals surface area contributed by atoms with E-state index in [-0.39, 0.29) is 0 Å². The number of benzene rings is 1. The van der Waals surface area contributed by atoms with E-state index in [0.717, 1.165) is 42.4 Å². The molecule has 18 heavy (non-hydrogen) atoms. The van der Waals surface area contributed by atoms with E-state index in [0.29, 0.717) is 5.56 Å². The minimum absolute atomic E-state index is 0.512. The van der Waals surface area contributed by atoms with Crippen molar-refractivity contribution in [3.8, 4) is 0 Å². The molecule has 0 aliphatic carbocycles. The summed E-state index contributed by atoms with van der Waals surface area (Å²) in [5.74, 6) is -1.44. The highest BCUT2D eigenvalue weighted by Gasteiger charge is 2.26. The van der Waals surface area contributed by atoms with Crippen LogP contribution in [0.3, 0.4) is 0 Å². The van der Waals surface area contributed by atoms with Gasteiger partial charge >= 0.3 is 0 Å². The van der Waals surface area contributed by atoms with Crippen molar-refractivity contribution in [2.24, 2.45) is 5.73 Å². The van der Waals surface area contributed by atoms with Gasteiger partial charge in [0.25, 0.3) is 11.7 Å². The van der Waals surface area contributed by atoms with Gasteiger partial charge in [-0.15, -0.1) is 0 Å². The summed E-state index contributed by atoms with van der Waals surface area (Å²) < 4.78 is 2.15. The van der Waals surface area contributed by atoms with E-state index < -0.39 is 11.7 Å². The Labute approximate surface area is 104 Å². The van der Waals surface area contributed by atoms with Crippen LogP contribution in [0.1, 0.15) is 28.9 Å². The Morgan fingerprint density at radius 1 is 1.17 bits per heavy atom. The topological polar surface area (TPSA) is 65.1 Å². The lowest BCUT2D eigenvalue weighted by Gasteiger charge is -2.16. The van der Waals surface area contributed by atoms with Crippen LogP contribution in [0.4, 0.5) is 0 Å². The molecule has 0 atom stereocenters. The highest BCUT2D eigenvalue weighted by atomic mass is 16.2. The van der Waals surface area contributed by atoms with Crippen molar-refractivity contribution >= 4 is 22.6 Å². The number of para-hydroxylation sites is 1. The molecule has 0 bridgehead atoms. The number of aromatic nitrogens is 1. The van der Waals surface area contributed by atoms with Gasteiger partial charge in [0.15, 0.2) is 0 Å². The van der Waals surface area contributed by atoms with Crippen LogP contribution in [-0.2, 0) is 17.8 Å². The van der Waals surface area contributed by atoms with Gasteiger partial charge < -0.3 is 10.3 Å². The van der Waals surface area contributed by atoms with Gasteiger partial charge in [0.2, 0.25) is 0 Å². The standard InChI is InChI=1S/C14H14N2O2/c15-14(18)13(17)12-9-5-1-2-6-10(9)16-8-4-3-7-11(12)16/h1-2,5-6H,3-4,7-8H2,(H2,15,18). The van der Waals surface area contributed by atoms with E-state index in [4.69, 9.17) is 5.73 Å². The summed E-state index contributed by atoms with van der Waals surface area (Å²) in [6.07, 6.45) is 2.99. The third-order valence-corrected chi connectivity index (χ3v) is 3.57. The van der Waals surface area contributed by atoms with E-state index >= 15 is 0 Å². The minimum atomic E-state index is -0.875. The lowest BCUT2D eigenvalue weighted by Crippen LogP contribution is -2.25. The largest absolute Gasteiger partial charge is 0.363 e. The molecule has 0 spiro atoms. The number of rotatable bonds is 2. The average molecular weight is 242 g/mol. The maximum Gasteiger partial charge on any atom is 0.289 e. The summed E-state index contributed by atoms with van der Waals surface area (Å²) in [7, 11) is 0. The van der Waals surface area contributed by atoms with Crippen LogP contribution in [0.15, 0.2) is 24.3 Å². The molecule has 0 saturated carbocycles. The molecule has 2 heterocycles. The van der Waals surface area contributed by atoms with Crippen molar-refractivity contribution in [2.45, 2.75) is 25.8 Å². The zero-order valence-corrected chi connectivity index (χ0v) is 9.98. The Kier molecular flexibility index (Phi) is 2.44. The van der Waals surface area contributed by atoms with Gasteiger partial charge in [-0.1, -0.05) is 18.2 Å². The summed E-state index contributed by atoms with van der Waals surface area (Å²) in [6, 6.07) is 7.70. The first kappa shape index (κ1) is 11.0. The summed E-state index contributed by atoms with van der Waals surface area (Å²) in [6.45, 7) is 0.905. The summed E-state index contributed by atoms with van der Waals surface area (Å²) in [4.78, 5) is 23.2. The lowest BCUT2D eigenvalue weighted by atomic mass is 10.0. The van der Waals surface area contributed by atoms with Gasteiger partial charge in [0, 0.05) is 23.1 Å². The van der Waals surface area contributed by atoms with Crippen LogP contribution in [0.2, 0.25) is 0 Å². The van der Waals surface area contributed by atoms with Crippen molar-refractivity contribution in [3.05, 3.63) is 35.5 Å². The molecular weight excluding hydrogens is 228 g/mol. The third-order valence-electron chi connectivity index (χ3n) is 3.57. The van der Waals surface area contributed by atoms with E-state index in [9.17, 15) is 9.59 Å². The summed E-state index contributed by atoms with van der Waals surface area (Å²) in [5.41, 5.74) is 7.65. The second kappa shape index (κ2) is 3.98. The third kappa shape index (κ3) is 1.45. The molecule has 1 aliphatic rings. The van der Waals surface area contributed by atoms with E-state index in [1.54, 1.807) is 0 Å². The first-order valence-corrected chi connectivity index (χ1v) is 6.14. The van der Waals surface area contributed by atoms with Crippen LogP contribution in [0, 0.1) is 0 Å². The molecule has 1 aromatic heterocycles. The fourth-order valence-corrected chi connectivity index (χ4v) is 2.81. The number of carbonyl (C=O) groups excluding carboxylic acids is 2. The molecule has 1 amide bonds. The molecule has 3 rings (SSSR count). The number of amides is 1. The molecule has 0 saturated heterocycles.